The van der Waals surface area contributed by atoms with Gasteiger partial charge in [-0.05, 0) is 6.07 Å². The first-order valence-electron chi connectivity index (χ1n) is 10.00. The Morgan fingerprint density at radius 3 is 2.47 bits per heavy atom. The van der Waals surface area contributed by atoms with Gasteiger partial charge in [-0.2, -0.15) is 0 Å². The number of benzene rings is 2. The minimum absolute atomic E-state index is 0.0143. The van der Waals surface area contributed by atoms with Gasteiger partial charge in [-0.15, -0.1) is 11.3 Å². The molecule has 0 saturated carbocycles. The van der Waals surface area contributed by atoms with Crippen LogP contribution in [0.3, 0.4) is 0 Å². The second kappa shape index (κ2) is 9.80. The first kappa shape index (κ1) is 20.5. The van der Waals surface area contributed by atoms with Gasteiger partial charge in [-0.3, -0.25) is 19.9 Å². The first-order valence-corrected chi connectivity index (χ1v) is 10.9. The summed E-state index contributed by atoms with van der Waals surface area (Å²) in [7, 11) is 0. The van der Waals surface area contributed by atoms with Crippen molar-refractivity contribution in [2.75, 3.05) is 39.3 Å². The van der Waals surface area contributed by atoms with Crippen molar-refractivity contribution in [3.63, 3.8) is 0 Å². The number of ether oxygens (including phenoxy) is 1. The fraction of sp³-hybridized carbons (Fsp3) is 0.318. The SMILES string of the molecule is O=[N+]([O-])c1ccccc1OCCN1CCN(Cc2csc(-c3ccccc3)n2)CC1. The minimum atomic E-state index is -0.407. The zero-order valence-corrected chi connectivity index (χ0v) is 17.5. The summed E-state index contributed by atoms with van der Waals surface area (Å²) in [4.78, 5) is 20.2. The normalized spacial score (nSPS) is 15.2. The van der Waals surface area contributed by atoms with Gasteiger partial charge in [0.25, 0.3) is 0 Å². The van der Waals surface area contributed by atoms with Crippen LogP contribution in [-0.2, 0) is 6.54 Å². The monoisotopic (exact) mass is 424 g/mol. The maximum atomic E-state index is 11.1. The fourth-order valence-electron chi connectivity index (χ4n) is 3.51. The van der Waals surface area contributed by atoms with Gasteiger partial charge in [0, 0.05) is 56.3 Å². The molecule has 0 aliphatic carbocycles. The highest BCUT2D eigenvalue weighted by Crippen LogP contribution is 2.26. The lowest BCUT2D eigenvalue weighted by molar-refractivity contribution is -0.385. The average molecular weight is 425 g/mol. The Morgan fingerprint density at radius 1 is 1.00 bits per heavy atom. The Labute approximate surface area is 179 Å². The van der Waals surface area contributed by atoms with Crippen molar-refractivity contribution in [2.24, 2.45) is 0 Å². The number of para-hydroxylation sites is 2. The van der Waals surface area contributed by atoms with E-state index < -0.39 is 4.92 Å². The highest BCUT2D eigenvalue weighted by atomic mass is 32.1. The number of hydrogen-bond donors (Lipinski definition) is 0. The summed E-state index contributed by atoms with van der Waals surface area (Å²) in [5.41, 5.74) is 2.30. The van der Waals surface area contributed by atoms with E-state index in [4.69, 9.17) is 9.72 Å². The van der Waals surface area contributed by atoms with Crippen molar-refractivity contribution in [3.05, 3.63) is 75.8 Å². The van der Waals surface area contributed by atoms with Crippen LogP contribution in [0.4, 0.5) is 5.69 Å². The number of nitro benzene ring substituents is 1. The zero-order valence-electron chi connectivity index (χ0n) is 16.6. The topological polar surface area (TPSA) is 71.7 Å². The number of aromatic nitrogens is 1. The van der Waals surface area contributed by atoms with Crippen molar-refractivity contribution >= 4 is 17.0 Å². The fourth-order valence-corrected chi connectivity index (χ4v) is 4.32. The molecule has 1 fully saturated rings. The van der Waals surface area contributed by atoms with Crippen molar-refractivity contribution in [2.45, 2.75) is 6.54 Å². The van der Waals surface area contributed by atoms with Crippen LogP contribution in [0, 0.1) is 10.1 Å². The molecule has 4 rings (SSSR count). The van der Waals surface area contributed by atoms with Gasteiger partial charge in [-0.1, -0.05) is 42.5 Å². The molecule has 0 N–H and O–H groups in total. The first-order chi connectivity index (χ1) is 14.7. The molecule has 1 aliphatic heterocycles. The highest BCUT2D eigenvalue weighted by Gasteiger charge is 2.19. The Kier molecular flexibility index (Phi) is 6.68. The molecule has 1 aromatic heterocycles. The van der Waals surface area contributed by atoms with Crippen molar-refractivity contribution in [1.82, 2.24) is 14.8 Å². The second-order valence-electron chi connectivity index (χ2n) is 7.20. The standard InChI is InChI=1S/C22H24N4O3S/c27-26(28)20-8-4-5-9-21(20)29-15-14-24-10-12-25(13-11-24)16-19-17-30-22(23-19)18-6-2-1-3-7-18/h1-9,17H,10-16H2. The van der Waals surface area contributed by atoms with Gasteiger partial charge in [-0.25, -0.2) is 4.98 Å². The number of hydrogen-bond acceptors (Lipinski definition) is 7. The number of piperazine rings is 1. The molecule has 0 amide bonds. The predicted octanol–water partition coefficient (Wildman–Crippen LogP) is 3.91. The van der Waals surface area contributed by atoms with Crippen LogP contribution < -0.4 is 4.74 Å². The second-order valence-corrected chi connectivity index (χ2v) is 8.06. The number of nitrogens with zero attached hydrogens (tertiary/aromatic N) is 4. The molecule has 30 heavy (non-hydrogen) atoms. The molecule has 7 nitrogen and oxygen atoms in total. The molecule has 0 radical (unpaired) electrons. The van der Waals surface area contributed by atoms with Gasteiger partial charge >= 0.3 is 5.69 Å². The van der Waals surface area contributed by atoms with E-state index in [1.54, 1.807) is 29.5 Å². The summed E-state index contributed by atoms with van der Waals surface area (Å²) in [6.45, 7) is 5.93. The third kappa shape index (κ3) is 5.21. The molecular weight excluding hydrogens is 400 g/mol. The highest BCUT2D eigenvalue weighted by molar-refractivity contribution is 7.13. The van der Waals surface area contributed by atoms with Gasteiger partial charge < -0.3 is 4.74 Å². The Balaban J connectivity index is 1.21. The van der Waals surface area contributed by atoms with E-state index in [0.717, 1.165) is 55.5 Å². The Morgan fingerprint density at radius 2 is 1.70 bits per heavy atom. The van der Waals surface area contributed by atoms with Crippen LogP contribution in [0.2, 0.25) is 0 Å². The van der Waals surface area contributed by atoms with Gasteiger partial charge in [0.2, 0.25) is 0 Å². The predicted molar refractivity (Wildman–Crippen MR) is 118 cm³/mol. The molecule has 0 bridgehead atoms. The van der Waals surface area contributed by atoms with Gasteiger partial charge in [0.15, 0.2) is 5.75 Å². The molecule has 0 unspecified atom stereocenters. The largest absolute Gasteiger partial charge is 0.485 e. The third-order valence-electron chi connectivity index (χ3n) is 5.15. The lowest BCUT2D eigenvalue weighted by Gasteiger charge is -2.34. The van der Waals surface area contributed by atoms with E-state index in [-0.39, 0.29) is 5.69 Å². The lowest BCUT2D eigenvalue weighted by Crippen LogP contribution is -2.47. The average Bonchev–Trinajstić information content (AvgIpc) is 3.24. The van der Waals surface area contributed by atoms with Gasteiger partial charge in [0.1, 0.15) is 11.6 Å². The molecule has 2 aromatic carbocycles. The molecular formula is C22H24N4O3S. The Bertz CT molecular complexity index is 971. The molecule has 8 heteroatoms. The van der Waals surface area contributed by atoms with E-state index >= 15 is 0 Å². The van der Waals surface area contributed by atoms with Crippen molar-refractivity contribution < 1.29 is 9.66 Å². The quantitative estimate of drug-likeness (QED) is 0.403. The zero-order chi connectivity index (χ0) is 20.8. The number of nitro groups is 1. The summed E-state index contributed by atoms with van der Waals surface area (Å²) in [5.74, 6) is 0.332. The summed E-state index contributed by atoms with van der Waals surface area (Å²) < 4.78 is 5.66. The molecule has 1 aliphatic rings. The van der Waals surface area contributed by atoms with Crippen LogP contribution in [0.1, 0.15) is 5.69 Å². The lowest BCUT2D eigenvalue weighted by atomic mass is 10.2. The van der Waals surface area contributed by atoms with Crippen molar-refractivity contribution in [3.8, 4) is 16.3 Å². The van der Waals surface area contributed by atoms with E-state index in [1.807, 2.05) is 18.2 Å². The van der Waals surface area contributed by atoms with Crippen LogP contribution >= 0.6 is 11.3 Å². The van der Waals surface area contributed by atoms with Crippen molar-refractivity contribution in [1.29, 1.82) is 0 Å². The number of thiazole rings is 1. The summed E-state index contributed by atoms with van der Waals surface area (Å²) in [6, 6.07) is 16.8. The number of rotatable bonds is 8. The van der Waals surface area contributed by atoms with E-state index in [1.165, 1.54) is 6.07 Å². The van der Waals surface area contributed by atoms with E-state index in [0.29, 0.717) is 12.4 Å². The van der Waals surface area contributed by atoms with Crippen LogP contribution in [-0.4, -0.2) is 59.0 Å². The maximum Gasteiger partial charge on any atom is 0.310 e. The minimum Gasteiger partial charge on any atom is -0.485 e. The molecule has 156 valence electrons. The molecule has 0 atom stereocenters. The summed E-state index contributed by atoms with van der Waals surface area (Å²) >= 11 is 1.69. The molecule has 1 saturated heterocycles. The molecule has 3 aromatic rings. The smallest absolute Gasteiger partial charge is 0.310 e. The van der Waals surface area contributed by atoms with E-state index in [2.05, 4.69) is 27.3 Å². The van der Waals surface area contributed by atoms with E-state index in [9.17, 15) is 10.1 Å². The Hall–Kier alpha value is -2.81. The van der Waals surface area contributed by atoms with Crippen LogP contribution in [0.15, 0.2) is 60.0 Å². The maximum absolute atomic E-state index is 11.1. The van der Waals surface area contributed by atoms with Gasteiger partial charge in [0.05, 0.1) is 10.6 Å². The third-order valence-corrected chi connectivity index (χ3v) is 6.09. The van der Waals surface area contributed by atoms with Crippen LogP contribution in [0.25, 0.3) is 10.6 Å². The molecule has 2 heterocycles. The summed E-state index contributed by atoms with van der Waals surface area (Å²) in [5, 5.41) is 14.3. The summed E-state index contributed by atoms with van der Waals surface area (Å²) in [6.07, 6.45) is 0. The van der Waals surface area contributed by atoms with Crippen LogP contribution in [0.5, 0.6) is 5.75 Å². The molecule has 0 spiro atoms.